The van der Waals surface area contributed by atoms with Gasteiger partial charge in [-0.05, 0) is 23.6 Å². The molecule has 0 N–H and O–H groups in total. The Hall–Kier alpha value is -2.48. The van der Waals surface area contributed by atoms with Gasteiger partial charge < -0.3 is 0 Å². The number of aryl methyl sites for hydroxylation is 1. The number of fused-ring (bicyclic) bond motifs is 1. The Bertz CT molecular complexity index is 654. The number of Topliss-reactive ketones (excluding diaryl/α,β-unsaturated/α-hetero) is 1. The number of hydrogen-bond donors (Lipinski definition) is 0. The van der Waals surface area contributed by atoms with Crippen molar-refractivity contribution in [1.29, 1.82) is 0 Å². The fourth-order valence-electron chi connectivity index (χ4n) is 2.16. The standard InChI is InChI=1S/C10H6O2.C9H12/c11-9-6-5-7-3-1-2-4-8(7)10(9)12;1-2-6-9-7-4-3-5-8-9/h1-6H;3-5,7-8H,2,6H2,1H3. The van der Waals surface area contributed by atoms with E-state index in [4.69, 9.17) is 0 Å². The van der Waals surface area contributed by atoms with E-state index in [0.717, 1.165) is 5.56 Å². The Kier molecular flexibility index (Phi) is 5.22. The first-order valence-electron chi connectivity index (χ1n) is 7.12. The summed E-state index contributed by atoms with van der Waals surface area (Å²) in [5.41, 5.74) is 2.77. The summed E-state index contributed by atoms with van der Waals surface area (Å²) in [7, 11) is 0. The normalized spacial score (nSPS) is 12.4. The lowest BCUT2D eigenvalue weighted by Gasteiger charge is -2.06. The highest BCUT2D eigenvalue weighted by molar-refractivity contribution is 6.49. The lowest BCUT2D eigenvalue weighted by molar-refractivity contribution is -0.110. The third kappa shape index (κ3) is 3.99. The van der Waals surface area contributed by atoms with Crippen LogP contribution in [-0.4, -0.2) is 11.6 Å². The van der Waals surface area contributed by atoms with Gasteiger partial charge in [-0.25, -0.2) is 0 Å². The summed E-state index contributed by atoms with van der Waals surface area (Å²) in [6.07, 6.45) is 5.43. The van der Waals surface area contributed by atoms with E-state index >= 15 is 0 Å². The number of rotatable bonds is 2. The molecule has 0 amide bonds. The van der Waals surface area contributed by atoms with Crippen molar-refractivity contribution in [2.75, 3.05) is 0 Å². The SMILES string of the molecule is CCCc1ccccc1.O=C1C=Cc2ccccc2C1=O. The van der Waals surface area contributed by atoms with Crippen LogP contribution in [0.15, 0.2) is 60.7 Å². The van der Waals surface area contributed by atoms with Crippen molar-refractivity contribution in [3.05, 3.63) is 77.4 Å². The second-order valence-corrected chi connectivity index (χ2v) is 4.85. The molecule has 0 unspecified atom stereocenters. The van der Waals surface area contributed by atoms with Gasteiger partial charge in [-0.3, -0.25) is 9.59 Å². The molecule has 106 valence electrons. The van der Waals surface area contributed by atoms with E-state index in [1.54, 1.807) is 18.2 Å². The minimum atomic E-state index is -0.436. The van der Waals surface area contributed by atoms with Gasteiger partial charge in [-0.2, -0.15) is 0 Å². The van der Waals surface area contributed by atoms with Crippen molar-refractivity contribution < 1.29 is 9.59 Å². The number of carbonyl (C=O) groups excluding carboxylic acids is 2. The topological polar surface area (TPSA) is 34.1 Å². The van der Waals surface area contributed by atoms with Crippen molar-refractivity contribution in [3.63, 3.8) is 0 Å². The molecule has 1 aliphatic carbocycles. The second kappa shape index (κ2) is 7.34. The summed E-state index contributed by atoms with van der Waals surface area (Å²) < 4.78 is 0. The summed E-state index contributed by atoms with van der Waals surface area (Å²) in [5, 5.41) is 0. The first kappa shape index (κ1) is 14.9. The first-order chi connectivity index (χ1) is 10.2. The third-order valence-corrected chi connectivity index (χ3v) is 3.22. The van der Waals surface area contributed by atoms with Gasteiger partial charge in [0.05, 0.1) is 0 Å². The minimum Gasteiger partial charge on any atom is -0.286 e. The Balaban J connectivity index is 0.000000161. The zero-order valence-electron chi connectivity index (χ0n) is 12.1. The highest BCUT2D eigenvalue weighted by Crippen LogP contribution is 2.16. The number of allylic oxidation sites excluding steroid dienone is 1. The highest BCUT2D eigenvalue weighted by Gasteiger charge is 2.19. The molecule has 21 heavy (non-hydrogen) atoms. The second-order valence-electron chi connectivity index (χ2n) is 4.85. The molecule has 2 heteroatoms. The van der Waals surface area contributed by atoms with Crippen LogP contribution in [0.2, 0.25) is 0 Å². The maximum Gasteiger partial charge on any atom is 0.233 e. The largest absolute Gasteiger partial charge is 0.286 e. The van der Waals surface area contributed by atoms with Crippen LogP contribution < -0.4 is 0 Å². The highest BCUT2D eigenvalue weighted by atomic mass is 16.2. The molecule has 0 fully saturated rings. The predicted molar refractivity (Wildman–Crippen MR) is 85.3 cm³/mol. The van der Waals surface area contributed by atoms with E-state index in [0.29, 0.717) is 5.56 Å². The van der Waals surface area contributed by atoms with Crippen LogP contribution in [0.25, 0.3) is 6.08 Å². The van der Waals surface area contributed by atoms with Crippen LogP contribution in [0.1, 0.15) is 34.8 Å². The number of carbonyl (C=O) groups is 2. The van der Waals surface area contributed by atoms with Gasteiger partial charge in [-0.15, -0.1) is 0 Å². The van der Waals surface area contributed by atoms with Crippen molar-refractivity contribution in [3.8, 4) is 0 Å². The van der Waals surface area contributed by atoms with E-state index in [1.807, 2.05) is 12.1 Å². The lowest BCUT2D eigenvalue weighted by Crippen LogP contribution is -2.15. The smallest absolute Gasteiger partial charge is 0.233 e. The summed E-state index contributed by atoms with van der Waals surface area (Å²) >= 11 is 0. The average molecular weight is 278 g/mol. The quantitative estimate of drug-likeness (QED) is 0.775. The van der Waals surface area contributed by atoms with E-state index in [1.165, 1.54) is 24.5 Å². The average Bonchev–Trinajstić information content (AvgIpc) is 2.53. The molecule has 0 aliphatic heterocycles. The summed E-state index contributed by atoms with van der Waals surface area (Å²) in [4.78, 5) is 22.1. The van der Waals surface area contributed by atoms with E-state index in [2.05, 4.69) is 37.3 Å². The molecule has 2 aromatic rings. The van der Waals surface area contributed by atoms with Gasteiger partial charge >= 0.3 is 0 Å². The van der Waals surface area contributed by atoms with E-state index < -0.39 is 11.6 Å². The van der Waals surface area contributed by atoms with Gasteiger partial charge in [-0.1, -0.05) is 74.0 Å². The maximum absolute atomic E-state index is 11.2. The third-order valence-electron chi connectivity index (χ3n) is 3.22. The fraction of sp³-hybridized carbons (Fsp3) is 0.158. The van der Waals surface area contributed by atoms with Gasteiger partial charge in [0, 0.05) is 5.56 Å². The van der Waals surface area contributed by atoms with Crippen LogP contribution in [0.4, 0.5) is 0 Å². The number of benzene rings is 2. The minimum absolute atomic E-state index is 0.409. The molecule has 0 saturated carbocycles. The fourth-order valence-corrected chi connectivity index (χ4v) is 2.16. The number of hydrogen-bond acceptors (Lipinski definition) is 2. The van der Waals surface area contributed by atoms with Crippen molar-refractivity contribution in [1.82, 2.24) is 0 Å². The molecule has 2 aromatic carbocycles. The Morgan fingerprint density at radius 3 is 2.19 bits per heavy atom. The van der Waals surface area contributed by atoms with Crippen molar-refractivity contribution in [2.24, 2.45) is 0 Å². The zero-order chi connectivity index (χ0) is 15.1. The monoisotopic (exact) mass is 278 g/mol. The summed E-state index contributed by atoms with van der Waals surface area (Å²) in [6.45, 7) is 2.20. The lowest BCUT2D eigenvalue weighted by atomic mass is 9.96. The van der Waals surface area contributed by atoms with Crippen LogP contribution in [0.3, 0.4) is 0 Å². The predicted octanol–water partition coefficient (Wildman–Crippen LogP) is 4.10. The molecular formula is C19H18O2. The Morgan fingerprint density at radius 2 is 1.48 bits per heavy atom. The first-order valence-corrected chi connectivity index (χ1v) is 7.12. The van der Waals surface area contributed by atoms with Crippen LogP contribution >= 0.6 is 0 Å². The molecule has 0 radical (unpaired) electrons. The molecule has 3 rings (SSSR count). The van der Waals surface area contributed by atoms with E-state index in [9.17, 15) is 9.59 Å². The Morgan fingerprint density at radius 1 is 0.810 bits per heavy atom. The molecule has 0 spiro atoms. The molecular weight excluding hydrogens is 260 g/mol. The molecule has 0 heterocycles. The van der Waals surface area contributed by atoms with Gasteiger partial charge in [0.25, 0.3) is 0 Å². The summed E-state index contributed by atoms with van der Waals surface area (Å²) in [5.74, 6) is -0.846. The molecule has 0 bridgehead atoms. The van der Waals surface area contributed by atoms with Gasteiger partial charge in [0.1, 0.15) is 0 Å². The zero-order valence-corrected chi connectivity index (χ0v) is 12.1. The van der Waals surface area contributed by atoms with Crippen LogP contribution in [0.5, 0.6) is 0 Å². The van der Waals surface area contributed by atoms with Crippen LogP contribution in [-0.2, 0) is 11.2 Å². The summed E-state index contributed by atoms with van der Waals surface area (Å²) in [6, 6.07) is 17.6. The van der Waals surface area contributed by atoms with Gasteiger partial charge in [0.2, 0.25) is 11.6 Å². The molecule has 0 atom stereocenters. The molecule has 0 saturated heterocycles. The number of ketones is 2. The van der Waals surface area contributed by atoms with E-state index in [-0.39, 0.29) is 0 Å². The van der Waals surface area contributed by atoms with Crippen molar-refractivity contribution >= 4 is 17.6 Å². The van der Waals surface area contributed by atoms with Gasteiger partial charge in [0.15, 0.2) is 0 Å². The molecule has 1 aliphatic rings. The van der Waals surface area contributed by atoms with Crippen LogP contribution in [0, 0.1) is 0 Å². The molecule has 2 nitrogen and oxygen atoms in total. The maximum atomic E-state index is 11.2. The molecule has 0 aromatic heterocycles. The Labute approximate surface area is 125 Å². The van der Waals surface area contributed by atoms with Crippen molar-refractivity contribution in [2.45, 2.75) is 19.8 Å².